The van der Waals surface area contributed by atoms with Crippen molar-refractivity contribution in [2.45, 2.75) is 0 Å². The highest BCUT2D eigenvalue weighted by atomic mass is 35.5. The minimum atomic E-state index is -0.947. The molecule has 0 fully saturated rings. The molecule has 2 aromatic carbocycles. The second kappa shape index (κ2) is 6.77. The molecular formula is C19H10ClF2N3O2. The summed E-state index contributed by atoms with van der Waals surface area (Å²) in [5.74, 6) is -2.67. The van der Waals surface area contributed by atoms with Crippen LogP contribution < -0.4 is 5.32 Å². The molecule has 0 spiro atoms. The van der Waals surface area contributed by atoms with Crippen LogP contribution >= 0.6 is 11.6 Å². The fourth-order valence-corrected chi connectivity index (χ4v) is 2.88. The first-order chi connectivity index (χ1) is 13.0. The highest BCUT2D eigenvalue weighted by Gasteiger charge is 2.17. The van der Waals surface area contributed by atoms with E-state index in [-0.39, 0.29) is 5.82 Å². The predicted octanol–water partition coefficient (Wildman–Crippen LogP) is 5.07. The van der Waals surface area contributed by atoms with E-state index in [2.05, 4.69) is 15.3 Å². The van der Waals surface area contributed by atoms with Crippen LogP contribution in [0.1, 0.15) is 10.4 Å². The third-order valence-corrected chi connectivity index (χ3v) is 4.24. The molecule has 0 atom stereocenters. The van der Waals surface area contributed by atoms with Crippen molar-refractivity contribution in [2.24, 2.45) is 0 Å². The number of aromatic nitrogens is 2. The molecule has 27 heavy (non-hydrogen) atoms. The Labute approximate surface area is 156 Å². The van der Waals surface area contributed by atoms with E-state index >= 15 is 0 Å². The van der Waals surface area contributed by atoms with E-state index in [9.17, 15) is 13.6 Å². The van der Waals surface area contributed by atoms with Crippen molar-refractivity contribution in [3.05, 3.63) is 77.3 Å². The van der Waals surface area contributed by atoms with Crippen molar-refractivity contribution in [3.8, 4) is 11.1 Å². The zero-order valence-corrected chi connectivity index (χ0v) is 14.3. The maximum Gasteiger partial charge on any atom is 0.262 e. The van der Waals surface area contributed by atoms with Crippen LogP contribution in [-0.2, 0) is 0 Å². The van der Waals surface area contributed by atoms with Crippen molar-refractivity contribution >= 4 is 34.4 Å². The van der Waals surface area contributed by atoms with E-state index in [1.807, 2.05) is 0 Å². The van der Waals surface area contributed by atoms with Crippen LogP contribution in [0.5, 0.6) is 0 Å². The second-order valence-corrected chi connectivity index (χ2v) is 6.04. The topological polar surface area (TPSA) is 68.0 Å². The lowest BCUT2D eigenvalue weighted by Crippen LogP contribution is -2.16. The number of rotatable bonds is 3. The molecule has 0 unspecified atom stereocenters. The quantitative estimate of drug-likeness (QED) is 0.534. The third-order valence-electron chi connectivity index (χ3n) is 3.93. The number of carbonyl (C=O) groups excluding carboxylic acids is 1. The normalized spacial score (nSPS) is 10.9. The predicted molar refractivity (Wildman–Crippen MR) is 96.6 cm³/mol. The molecule has 0 radical (unpaired) electrons. The fourth-order valence-electron chi connectivity index (χ4n) is 2.62. The Morgan fingerprint density at radius 2 is 1.85 bits per heavy atom. The van der Waals surface area contributed by atoms with Gasteiger partial charge >= 0.3 is 0 Å². The molecule has 2 heterocycles. The van der Waals surface area contributed by atoms with Gasteiger partial charge in [-0.15, -0.1) is 0 Å². The third kappa shape index (κ3) is 3.24. The lowest BCUT2D eigenvalue weighted by molar-refractivity contribution is 0.101. The second-order valence-electron chi connectivity index (χ2n) is 5.64. The number of benzene rings is 2. The van der Waals surface area contributed by atoms with Gasteiger partial charge in [-0.2, -0.15) is 0 Å². The van der Waals surface area contributed by atoms with E-state index < -0.39 is 23.1 Å². The number of anilines is 1. The van der Waals surface area contributed by atoms with Gasteiger partial charge in [-0.05, 0) is 30.3 Å². The minimum Gasteiger partial charge on any atom is -0.443 e. The maximum atomic E-state index is 13.7. The van der Waals surface area contributed by atoms with Gasteiger partial charge in [0.15, 0.2) is 12.0 Å². The van der Waals surface area contributed by atoms with Crippen LogP contribution in [0.15, 0.2) is 59.5 Å². The van der Waals surface area contributed by atoms with Crippen LogP contribution in [0.3, 0.4) is 0 Å². The number of nitrogens with one attached hydrogen (secondary N) is 1. The lowest BCUT2D eigenvalue weighted by Gasteiger charge is -2.08. The first-order valence-corrected chi connectivity index (χ1v) is 8.15. The average molecular weight is 386 g/mol. The minimum absolute atomic E-state index is 0.144. The summed E-state index contributed by atoms with van der Waals surface area (Å²) in [5.41, 5.74) is 1.90. The Hall–Kier alpha value is -3.32. The number of oxazole rings is 1. The van der Waals surface area contributed by atoms with Crippen molar-refractivity contribution in [3.63, 3.8) is 0 Å². The molecule has 1 amide bonds. The highest BCUT2D eigenvalue weighted by Crippen LogP contribution is 2.31. The van der Waals surface area contributed by atoms with Gasteiger partial charge in [0.1, 0.15) is 28.5 Å². The number of hydrogen-bond donors (Lipinski definition) is 1. The van der Waals surface area contributed by atoms with Gasteiger partial charge in [0.2, 0.25) is 0 Å². The molecule has 0 aliphatic heterocycles. The number of carbonyl (C=O) groups is 1. The largest absolute Gasteiger partial charge is 0.443 e. The van der Waals surface area contributed by atoms with Crippen molar-refractivity contribution in [1.29, 1.82) is 0 Å². The summed E-state index contributed by atoms with van der Waals surface area (Å²) < 4.78 is 32.6. The van der Waals surface area contributed by atoms with E-state index in [1.54, 1.807) is 18.2 Å². The Kier molecular flexibility index (Phi) is 4.29. The summed E-state index contributed by atoms with van der Waals surface area (Å²) >= 11 is 6.27. The molecule has 0 aliphatic rings. The monoisotopic (exact) mass is 385 g/mol. The zero-order chi connectivity index (χ0) is 19.0. The molecule has 4 aromatic rings. The van der Waals surface area contributed by atoms with Gasteiger partial charge in [-0.1, -0.05) is 17.7 Å². The van der Waals surface area contributed by atoms with E-state index in [0.29, 0.717) is 27.2 Å². The SMILES string of the molecule is O=C(Nc1ccc(-c2cc3ncoc3cc2Cl)cn1)c1c(F)cccc1F. The molecule has 0 saturated heterocycles. The number of hydrogen-bond acceptors (Lipinski definition) is 4. The Bertz CT molecular complexity index is 1140. The molecular weight excluding hydrogens is 376 g/mol. The van der Waals surface area contributed by atoms with Gasteiger partial charge in [-0.3, -0.25) is 4.79 Å². The summed E-state index contributed by atoms with van der Waals surface area (Å²) in [6, 6.07) is 9.79. The molecule has 8 heteroatoms. The first-order valence-electron chi connectivity index (χ1n) is 7.77. The molecule has 134 valence electrons. The zero-order valence-electron chi connectivity index (χ0n) is 13.5. The average Bonchev–Trinajstić information content (AvgIpc) is 3.09. The molecule has 0 bridgehead atoms. The highest BCUT2D eigenvalue weighted by molar-refractivity contribution is 6.34. The van der Waals surface area contributed by atoms with Crippen LogP contribution in [0.2, 0.25) is 5.02 Å². The summed E-state index contributed by atoms with van der Waals surface area (Å²) in [5, 5.41) is 2.82. The van der Waals surface area contributed by atoms with Crippen LogP contribution in [0.4, 0.5) is 14.6 Å². The van der Waals surface area contributed by atoms with Gasteiger partial charge in [0.25, 0.3) is 5.91 Å². The van der Waals surface area contributed by atoms with Crippen molar-refractivity contribution < 1.29 is 18.0 Å². The van der Waals surface area contributed by atoms with Gasteiger partial charge < -0.3 is 9.73 Å². The maximum absolute atomic E-state index is 13.7. The summed E-state index contributed by atoms with van der Waals surface area (Å²) in [6.07, 6.45) is 2.81. The fraction of sp³-hybridized carbons (Fsp3) is 0. The Morgan fingerprint density at radius 3 is 2.56 bits per heavy atom. The lowest BCUT2D eigenvalue weighted by atomic mass is 10.1. The van der Waals surface area contributed by atoms with Gasteiger partial charge in [0, 0.05) is 23.4 Å². The molecule has 2 aromatic heterocycles. The van der Waals surface area contributed by atoms with Gasteiger partial charge in [-0.25, -0.2) is 18.7 Å². The number of pyridine rings is 1. The molecule has 4 rings (SSSR count). The van der Waals surface area contributed by atoms with E-state index in [4.69, 9.17) is 16.0 Å². The number of halogens is 3. The smallest absolute Gasteiger partial charge is 0.262 e. The Morgan fingerprint density at radius 1 is 1.07 bits per heavy atom. The van der Waals surface area contributed by atoms with E-state index in [1.165, 1.54) is 24.7 Å². The van der Waals surface area contributed by atoms with Gasteiger partial charge in [0.05, 0.1) is 5.02 Å². The summed E-state index contributed by atoms with van der Waals surface area (Å²) in [7, 11) is 0. The van der Waals surface area contributed by atoms with Crippen molar-refractivity contribution in [2.75, 3.05) is 5.32 Å². The van der Waals surface area contributed by atoms with Crippen molar-refractivity contribution in [1.82, 2.24) is 9.97 Å². The van der Waals surface area contributed by atoms with Crippen LogP contribution in [0, 0.1) is 11.6 Å². The first kappa shape index (κ1) is 17.1. The number of fused-ring (bicyclic) bond motifs is 1. The molecule has 5 nitrogen and oxygen atoms in total. The molecule has 0 aliphatic carbocycles. The van der Waals surface area contributed by atoms with Crippen LogP contribution in [-0.4, -0.2) is 15.9 Å². The van der Waals surface area contributed by atoms with Crippen LogP contribution in [0.25, 0.3) is 22.2 Å². The summed E-state index contributed by atoms with van der Waals surface area (Å²) in [6.45, 7) is 0. The standard InChI is InChI=1S/C19H10ClF2N3O2/c20-12-7-16-15(24-9-27-16)6-11(12)10-4-5-17(23-8-10)25-19(26)18-13(21)2-1-3-14(18)22/h1-9H,(H,23,25,26). The van der Waals surface area contributed by atoms with E-state index in [0.717, 1.165) is 12.1 Å². The molecule has 0 saturated carbocycles. The summed E-state index contributed by atoms with van der Waals surface area (Å²) in [4.78, 5) is 20.3. The number of nitrogens with zero attached hydrogens (tertiary/aromatic N) is 2. The molecule has 1 N–H and O–H groups in total. The Balaban J connectivity index is 1.60. The number of amides is 1.